The van der Waals surface area contributed by atoms with Crippen LogP contribution in [0.1, 0.15) is 65.5 Å². The number of amides is 2. The SMILES string of the molecule is COC(=O)N1CC[C@]2(N=Nc3cccc4c3C[C@H]3N(C(=O)OC)CC[C@@]43NS(=O)(=O)N[C@]34CCC[C@H]3Cc3ccccc34)c3ccccc3C[C@H]12. The van der Waals surface area contributed by atoms with Crippen LogP contribution in [0.15, 0.2) is 77.0 Å². The average Bonchev–Trinajstić information content (AvgIpc) is 3.95. The lowest BCUT2D eigenvalue weighted by Gasteiger charge is -2.37. The minimum Gasteiger partial charge on any atom is -0.453 e. The molecule has 13 heteroatoms. The number of hydrogen-bond acceptors (Lipinski definition) is 8. The second-order valence-electron chi connectivity index (χ2n) is 15.0. The zero-order valence-corrected chi connectivity index (χ0v) is 29.6. The highest BCUT2D eigenvalue weighted by atomic mass is 32.2. The first kappa shape index (κ1) is 32.6. The van der Waals surface area contributed by atoms with Crippen LogP contribution in [0.4, 0.5) is 15.3 Å². The monoisotopic (exact) mass is 710 g/mol. The molecule has 0 unspecified atom stereocenters. The predicted molar refractivity (Wildman–Crippen MR) is 188 cm³/mol. The van der Waals surface area contributed by atoms with Crippen molar-refractivity contribution < 1.29 is 27.5 Å². The first-order valence-corrected chi connectivity index (χ1v) is 19.4. The lowest BCUT2D eigenvalue weighted by atomic mass is 9.88. The van der Waals surface area contributed by atoms with Crippen molar-refractivity contribution in [3.8, 4) is 0 Å². The normalized spacial score (nSPS) is 31.3. The number of nitrogens with zero attached hydrogens (tertiary/aromatic N) is 4. The maximum Gasteiger partial charge on any atom is 0.409 e. The Hall–Kier alpha value is -4.33. The van der Waals surface area contributed by atoms with Gasteiger partial charge in [0.05, 0.1) is 43.1 Å². The fourth-order valence-corrected chi connectivity index (χ4v) is 12.5. The number of nitrogens with one attached hydrogen (secondary N) is 2. The Kier molecular flexibility index (Phi) is 7.40. The molecule has 3 aromatic rings. The van der Waals surface area contributed by atoms with E-state index in [0.29, 0.717) is 44.5 Å². The van der Waals surface area contributed by atoms with E-state index < -0.39 is 39.0 Å². The highest BCUT2D eigenvalue weighted by molar-refractivity contribution is 7.87. The molecular weight excluding hydrogens is 669 g/mol. The smallest absolute Gasteiger partial charge is 0.409 e. The number of benzene rings is 3. The molecule has 2 aliphatic heterocycles. The molecule has 2 heterocycles. The van der Waals surface area contributed by atoms with Crippen LogP contribution < -0.4 is 9.44 Å². The summed E-state index contributed by atoms with van der Waals surface area (Å²) >= 11 is 0. The Balaban J connectivity index is 1.09. The van der Waals surface area contributed by atoms with Gasteiger partial charge in [-0.25, -0.2) is 9.59 Å². The number of azo groups is 1. The van der Waals surface area contributed by atoms with Crippen LogP contribution >= 0.6 is 0 Å². The Bertz CT molecular complexity index is 2090. The van der Waals surface area contributed by atoms with E-state index >= 15 is 0 Å². The van der Waals surface area contributed by atoms with Gasteiger partial charge in [0.15, 0.2) is 0 Å². The van der Waals surface area contributed by atoms with Crippen molar-refractivity contribution in [3.63, 3.8) is 0 Å². The van der Waals surface area contributed by atoms with Gasteiger partial charge in [0.1, 0.15) is 5.54 Å². The van der Waals surface area contributed by atoms with Crippen molar-refractivity contribution in [3.05, 3.63) is 100 Å². The molecule has 0 aromatic heterocycles. The zero-order valence-electron chi connectivity index (χ0n) is 28.8. The molecule has 12 nitrogen and oxygen atoms in total. The van der Waals surface area contributed by atoms with Gasteiger partial charge < -0.3 is 19.3 Å². The summed E-state index contributed by atoms with van der Waals surface area (Å²) in [7, 11) is -1.36. The molecule has 0 radical (unpaired) electrons. The summed E-state index contributed by atoms with van der Waals surface area (Å²) < 4.78 is 45.6. The van der Waals surface area contributed by atoms with Crippen LogP contribution in [0.5, 0.6) is 0 Å². The number of carbonyl (C=O) groups excluding carboxylic acids is 2. The van der Waals surface area contributed by atoms with E-state index in [1.807, 2.05) is 42.5 Å². The molecule has 51 heavy (non-hydrogen) atoms. The maximum atomic E-state index is 14.5. The fourth-order valence-electron chi connectivity index (χ4n) is 10.7. The zero-order chi connectivity index (χ0) is 35.2. The van der Waals surface area contributed by atoms with E-state index in [0.717, 1.165) is 53.5 Å². The second-order valence-corrected chi connectivity index (χ2v) is 16.4. The summed E-state index contributed by atoms with van der Waals surface area (Å²) in [6.07, 6.45) is 4.62. The Morgan fingerprint density at radius 1 is 0.745 bits per heavy atom. The van der Waals surface area contributed by atoms with Gasteiger partial charge in [-0.3, -0.25) is 0 Å². The molecule has 9 rings (SSSR count). The van der Waals surface area contributed by atoms with Gasteiger partial charge >= 0.3 is 12.2 Å². The number of fused-ring (bicyclic) bond motifs is 9. The van der Waals surface area contributed by atoms with Crippen molar-refractivity contribution in [2.24, 2.45) is 16.1 Å². The summed E-state index contributed by atoms with van der Waals surface area (Å²) in [5, 5.41) is 10.0. The third-order valence-electron chi connectivity index (χ3n) is 12.9. The molecule has 2 saturated heterocycles. The second kappa shape index (κ2) is 11.6. The van der Waals surface area contributed by atoms with E-state index in [2.05, 4.69) is 33.7 Å². The van der Waals surface area contributed by atoms with Crippen molar-refractivity contribution >= 4 is 28.1 Å². The van der Waals surface area contributed by atoms with E-state index in [1.54, 1.807) is 9.80 Å². The summed E-state index contributed by atoms with van der Waals surface area (Å²) in [5.74, 6) is 0.187. The number of ether oxygens (including phenoxy) is 2. The molecule has 3 aromatic carbocycles. The Morgan fingerprint density at radius 2 is 1.39 bits per heavy atom. The molecule has 4 aliphatic carbocycles. The lowest BCUT2D eigenvalue weighted by Crippen LogP contribution is -2.59. The van der Waals surface area contributed by atoms with Gasteiger partial charge in [0.2, 0.25) is 0 Å². The fraction of sp³-hybridized carbons (Fsp3) is 0.474. The Labute approximate surface area is 297 Å². The average molecular weight is 711 g/mol. The minimum atomic E-state index is -4.10. The molecule has 2 N–H and O–H groups in total. The van der Waals surface area contributed by atoms with Crippen molar-refractivity contribution in [2.75, 3.05) is 27.3 Å². The third-order valence-corrected chi connectivity index (χ3v) is 14.1. The standard InChI is InChI=1S/C38H42N6O6S/c1-49-34(45)43-19-17-37(29-13-6-4-10-25(29)22-32(37)43)40-39-31-15-7-14-30-27(31)23-33-38(30,18-20-44(33)35(46)50-2)42-51(47,48)41-36-16-8-11-26(36)21-24-9-3-5-12-28(24)36/h3-7,9-10,12-15,26,32-33,41-42H,8,11,16-23H2,1-2H3/t26-,32-,33+,36+,37-,38+/m0/s1. The van der Waals surface area contributed by atoms with E-state index in [4.69, 9.17) is 19.7 Å². The highest BCUT2D eigenvalue weighted by Gasteiger charge is 2.60. The quantitative estimate of drug-likeness (QED) is 0.332. The topological polar surface area (TPSA) is 142 Å². The van der Waals surface area contributed by atoms with Crippen LogP contribution in [0.25, 0.3) is 0 Å². The van der Waals surface area contributed by atoms with Crippen LogP contribution in [0, 0.1) is 5.92 Å². The summed E-state index contributed by atoms with van der Waals surface area (Å²) in [6.45, 7) is 0.838. The lowest BCUT2D eigenvalue weighted by molar-refractivity contribution is 0.112. The summed E-state index contributed by atoms with van der Waals surface area (Å²) in [5.41, 5.74) is 4.19. The third kappa shape index (κ3) is 4.66. The van der Waals surface area contributed by atoms with Crippen molar-refractivity contribution in [1.29, 1.82) is 0 Å². The van der Waals surface area contributed by atoms with E-state index in [9.17, 15) is 18.0 Å². The number of rotatable bonds is 6. The van der Waals surface area contributed by atoms with E-state index in [1.165, 1.54) is 19.8 Å². The number of likely N-dealkylation sites (tertiary alicyclic amines) is 2. The molecule has 6 aliphatic rings. The van der Waals surface area contributed by atoms with Gasteiger partial charge in [-0.15, -0.1) is 0 Å². The predicted octanol–water partition coefficient (Wildman–Crippen LogP) is 5.33. The van der Waals surface area contributed by atoms with Gasteiger partial charge in [0, 0.05) is 13.1 Å². The van der Waals surface area contributed by atoms with Crippen molar-refractivity contribution in [1.82, 2.24) is 19.2 Å². The molecule has 266 valence electrons. The van der Waals surface area contributed by atoms with E-state index in [-0.39, 0.29) is 18.1 Å². The van der Waals surface area contributed by atoms with Gasteiger partial charge in [-0.2, -0.15) is 28.1 Å². The van der Waals surface area contributed by atoms with Gasteiger partial charge in [-0.1, -0.05) is 67.1 Å². The van der Waals surface area contributed by atoms with Crippen LogP contribution in [-0.4, -0.2) is 69.8 Å². The largest absolute Gasteiger partial charge is 0.453 e. The molecule has 2 amide bonds. The number of carbonyl (C=O) groups is 2. The van der Waals surface area contributed by atoms with Crippen molar-refractivity contribution in [2.45, 2.75) is 80.1 Å². The molecule has 0 bridgehead atoms. The number of hydrogen-bond donors (Lipinski definition) is 2. The number of methoxy groups -OCH3 is 2. The van der Waals surface area contributed by atoms with Crippen LogP contribution in [0.2, 0.25) is 0 Å². The molecule has 0 spiro atoms. The molecule has 1 saturated carbocycles. The Morgan fingerprint density at radius 3 is 2.16 bits per heavy atom. The highest BCUT2D eigenvalue weighted by Crippen LogP contribution is 2.54. The molecular formula is C38H42N6O6S. The van der Waals surface area contributed by atoms with Gasteiger partial charge in [-0.05, 0) is 90.3 Å². The molecule has 3 fully saturated rings. The maximum absolute atomic E-state index is 14.5. The van der Waals surface area contributed by atoms with Gasteiger partial charge in [0.25, 0.3) is 10.2 Å². The summed E-state index contributed by atoms with van der Waals surface area (Å²) in [6, 6.07) is 21.2. The first-order valence-electron chi connectivity index (χ1n) is 17.9. The minimum absolute atomic E-state index is 0.187. The molecule has 6 atom stereocenters. The first-order chi connectivity index (χ1) is 24.6. The summed E-state index contributed by atoms with van der Waals surface area (Å²) in [4.78, 5) is 29.3. The van der Waals surface area contributed by atoms with Crippen LogP contribution in [-0.2, 0) is 55.6 Å². The van der Waals surface area contributed by atoms with Crippen LogP contribution in [0.3, 0.4) is 0 Å².